The summed E-state index contributed by atoms with van der Waals surface area (Å²) in [7, 11) is 0. The topological polar surface area (TPSA) is 98.3 Å². The first-order valence-electron chi connectivity index (χ1n) is 7.11. The quantitative estimate of drug-likeness (QED) is 0.604. The fraction of sp³-hybridized carbons (Fsp3) is 0.133. The van der Waals surface area contributed by atoms with E-state index in [0.29, 0.717) is 23.8 Å². The minimum atomic E-state index is -0.122. The van der Waals surface area contributed by atoms with Crippen molar-refractivity contribution >= 4 is 0 Å². The first kappa shape index (κ1) is 13.4. The number of nitrogens with zero attached hydrogens (tertiary/aromatic N) is 6. The Morgan fingerprint density at radius 1 is 1.22 bits per heavy atom. The minimum absolute atomic E-state index is 0.122. The predicted octanol–water partition coefficient (Wildman–Crippen LogP) is 1.88. The van der Waals surface area contributed by atoms with E-state index in [4.69, 9.17) is 4.52 Å². The van der Waals surface area contributed by atoms with Crippen LogP contribution >= 0.6 is 0 Å². The van der Waals surface area contributed by atoms with Gasteiger partial charge in [0.2, 0.25) is 11.7 Å². The van der Waals surface area contributed by atoms with E-state index in [1.807, 2.05) is 29.1 Å². The van der Waals surface area contributed by atoms with Gasteiger partial charge < -0.3 is 14.1 Å². The molecule has 4 aromatic rings. The number of rotatable bonds is 5. The van der Waals surface area contributed by atoms with Crippen LogP contribution in [0, 0.1) is 0 Å². The molecule has 8 nitrogen and oxygen atoms in total. The molecule has 4 rings (SSSR count). The molecule has 4 aromatic heterocycles. The van der Waals surface area contributed by atoms with Crippen LogP contribution in [0.3, 0.4) is 0 Å². The lowest BCUT2D eigenvalue weighted by molar-refractivity contribution is 0.335. The maximum Gasteiger partial charge on any atom is 0.250 e. The molecular weight excluding hydrogens is 294 g/mol. The molecule has 1 atom stereocenters. The Bertz CT molecular complexity index is 853. The van der Waals surface area contributed by atoms with Gasteiger partial charge in [-0.2, -0.15) is 10.1 Å². The second-order valence-electron chi connectivity index (χ2n) is 4.99. The number of H-pyrrole nitrogens is 1. The van der Waals surface area contributed by atoms with E-state index in [9.17, 15) is 0 Å². The van der Waals surface area contributed by atoms with E-state index in [0.717, 1.165) is 5.69 Å². The van der Waals surface area contributed by atoms with Crippen LogP contribution in [0.1, 0.15) is 17.6 Å². The van der Waals surface area contributed by atoms with Gasteiger partial charge in [0.1, 0.15) is 11.7 Å². The van der Waals surface area contributed by atoms with E-state index in [1.54, 1.807) is 30.9 Å². The van der Waals surface area contributed by atoms with Gasteiger partial charge in [-0.1, -0.05) is 5.16 Å². The Kier molecular flexibility index (Phi) is 3.39. The SMILES string of the molecule is c1cnnc(-c2noc([C@@H](Cc3cnc[nH]3)n3cccc3)n2)c1. The van der Waals surface area contributed by atoms with Crippen LogP contribution in [0.25, 0.3) is 11.5 Å². The van der Waals surface area contributed by atoms with Crippen LogP contribution in [0.2, 0.25) is 0 Å². The summed E-state index contributed by atoms with van der Waals surface area (Å²) in [5, 5.41) is 11.9. The summed E-state index contributed by atoms with van der Waals surface area (Å²) in [6.45, 7) is 0. The molecule has 0 spiro atoms. The maximum absolute atomic E-state index is 5.47. The standard InChI is InChI=1S/C15H13N7O/c1-2-7-22(6-1)13(8-11-9-16-10-17-11)15-19-14(21-23-15)12-4-3-5-18-20-12/h1-7,9-10,13H,8H2,(H,16,17)/t13-/m1/s1. The molecule has 0 bridgehead atoms. The monoisotopic (exact) mass is 307 g/mol. The van der Waals surface area contributed by atoms with E-state index < -0.39 is 0 Å². The lowest BCUT2D eigenvalue weighted by atomic mass is 10.1. The highest BCUT2D eigenvalue weighted by Crippen LogP contribution is 2.23. The summed E-state index contributed by atoms with van der Waals surface area (Å²) in [5.74, 6) is 0.936. The molecule has 0 unspecified atom stereocenters. The second kappa shape index (κ2) is 5.84. The van der Waals surface area contributed by atoms with Gasteiger partial charge in [0.05, 0.1) is 6.33 Å². The molecule has 0 aromatic carbocycles. The molecule has 8 heteroatoms. The van der Waals surface area contributed by atoms with E-state index in [-0.39, 0.29) is 6.04 Å². The summed E-state index contributed by atoms with van der Waals surface area (Å²) in [4.78, 5) is 11.6. The van der Waals surface area contributed by atoms with E-state index in [1.165, 1.54) is 0 Å². The molecule has 0 amide bonds. The van der Waals surface area contributed by atoms with Crippen molar-refractivity contribution in [1.82, 2.24) is 34.9 Å². The summed E-state index contributed by atoms with van der Waals surface area (Å²) in [6, 6.07) is 7.37. The van der Waals surface area contributed by atoms with Crippen LogP contribution in [0.5, 0.6) is 0 Å². The third kappa shape index (κ3) is 2.73. The molecule has 0 aliphatic rings. The van der Waals surface area contributed by atoms with Gasteiger partial charge in [-0.3, -0.25) is 0 Å². The lowest BCUT2D eigenvalue weighted by Crippen LogP contribution is -2.12. The van der Waals surface area contributed by atoms with Crippen molar-refractivity contribution in [1.29, 1.82) is 0 Å². The molecule has 1 N–H and O–H groups in total. The molecule has 0 saturated heterocycles. The van der Waals surface area contributed by atoms with Gasteiger partial charge in [0.15, 0.2) is 0 Å². The average Bonchev–Trinajstić information content (AvgIpc) is 3.34. The van der Waals surface area contributed by atoms with Crippen molar-refractivity contribution in [3.63, 3.8) is 0 Å². The molecule has 114 valence electrons. The summed E-state index contributed by atoms with van der Waals surface area (Å²) >= 11 is 0. The fourth-order valence-electron chi connectivity index (χ4n) is 2.38. The van der Waals surface area contributed by atoms with Crippen LogP contribution in [-0.2, 0) is 6.42 Å². The first-order chi connectivity index (χ1) is 11.4. The van der Waals surface area contributed by atoms with E-state index in [2.05, 4.69) is 30.3 Å². The van der Waals surface area contributed by atoms with Crippen molar-refractivity contribution in [3.05, 3.63) is 67.0 Å². The highest BCUT2D eigenvalue weighted by molar-refractivity contribution is 5.46. The largest absolute Gasteiger partial charge is 0.348 e. The lowest BCUT2D eigenvalue weighted by Gasteiger charge is -2.13. The van der Waals surface area contributed by atoms with Gasteiger partial charge >= 0.3 is 0 Å². The summed E-state index contributed by atoms with van der Waals surface area (Å²) < 4.78 is 7.49. The van der Waals surface area contributed by atoms with Crippen LogP contribution in [-0.4, -0.2) is 34.9 Å². The summed E-state index contributed by atoms with van der Waals surface area (Å²) in [5.41, 5.74) is 1.57. The van der Waals surface area contributed by atoms with Crippen molar-refractivity contribution in [2.45, 2.75) is 12.5 Å². The molecule has 4 heterocycles. The number of imidazole rings is 1. The molecule has 23 heavy (non-hydrogen) atoms. The number of aromatic amines is 1. The maximum atomic E-state index is 5.47. The molecule has 0 aliphatic heterocycles. The van der Waals surface area contributed by atoms with Crippen molar-refractivity contribution in [3.8, 4) is 11.5 Å². The molecule has 0 aliphatic carbocycles. The molecule has 0 saturated carbocycles. The zero-order valence-electron chi connectivity index (χ0n) is 12.1. The van der Waals surface area contributed by atoms with Gasteiger partial charge in [-0.25, -0.2) is 4.98 Å². The molecule has 0 radical (unpaired) electrons. The minimum Gasteiger partial charge on any atom is -0.348 e. The van der Waals surface area contributed by atoms with Gasteiger partial charge in [-0.05, 0) is 24.3 Å². The van der Waals surface area contributed by atoms with Gasteiger partial charge in [0, 0.05) is 36.9 Å². The number of hydrogen-bond donors (Lipinski definition) is 1. The second-order valence-corrected chi connectivity index (χ2v) is 4.99. The van der Waals surface area contributed by atoms with Crippen LogP contribution < -0.4 is 0 Å². The van der Waals surface area contributed by atoms with Crippen molar-refractivity contribution in [2.75, 3.05) is 0 Å². The first-order valence-corrected chi connectivity index (χ1v) is 7.11. The Labute approximate surface area is 131 Å². The highest BCUT2D eigenvalue weighted by atomic mass is 16.5. The number of hydrogen-bond acceptors (Lipinski definition) is 6. The highest BCUT2D eigenvalue weighted by Gasteiger charge is 2.22. The third-order valence-electron chi connectivity index (χ3n) is 3.48. The average molecular weight is 307 g/mol. The van der Waals surface area contributed by atoms with Gasteiger partial charge in [-0.15, -0.1) is 5.10 Å². The predicted molar refractivity (Wildman–Crippen MR) is 80.2 cm³/mol. The Hall–Kier alpha value is -3.29. The Morgan fingerprint density at radius 3 is 2.87 bits per heavy atom. The zero-order valence-corrected chi connectivity index (χ0v) is 12.1. The molecule has 0 fully saturated rings. The van der Waals surface area contributed by atoms with Crippen molar-refractivity contribution in [2.24, 2.45) is 0 Å². The Morgan fingerprint density at radius 2 is 2.13 bits per heavy atom. The number of aromatic nitrogens is 7. The van der Waals surface area contributed by atoms with Gasteiger partial charge in [0.25, 0.3) is 0 Å². The van der Waals surface area contributed by atoms with Crippen LogP contribution in [0.15, 0.2) is 59.9 Å². The third-order valence-corrected chi connectivity index (χ3v) is 3.48. The Balaban J connectivity index is 1.68. The fourth-order valence-corrected chi connectivity index (χ4v) is 2.38. The zero-order chi connectivity index (χ0) is 15.5. The molecular formula is C15H13N7O. The van der Waals surface area contributed by atoms with Crippen LogP contribution in [0.4, 0.5) is 0 Å². The summed E-state index contributed by atoms with van der Waals surface area (Å²) in [6.07, 6.45) is 9.64. The normalized spacial score (nSPS) is 12.3. The number of nitrogens with one attached hydrogen (secondary N) is 1. The smallest absolute Gasteiger partial charge is 0.250 e. The van der Waals surface area contributed by atoms with Crippen molar-refractivity contribution < 1.29 is 4.52 Å². The van der Waals surface area contributed by atoms with E-state index >= 15 is 0 Å².